The van der Waals surface area contributed by atoms with Crippen LogP contribution in [0.4, 0.5) is 0 Å². The fourth-order valence-corrected chi connectivity index (χ4v) is 2.27. The van der Waals surface area contributed by atoms with Gasteiger partial charge in [-0.15, -0.1) is 0 Å². The molecular weight excluding hydrogens is 214 g/mol. The minimum absolute atomic E-state index is 0.238. The maximum Gasteiger partial charge on any atom is 0.140 e. The molecule has 0 spiro atoms. The lowest BCUT2D eigenvalue weighted by molar-refractivity contribution is -0.122. The molecule has 1 fully saturated rings. The molecule has 1 heterocycles. The van der Waals surface area contributed by atoms with Crippen LogP contribution in [0.25, 0.3) is 0 Å². The topological polar surface area (TPSA) is 38.3 Å². The molecule has 17 heavy (non-hydrogen) atoms. The SMILES string of the molecule is COc1cccc(CC(=O)C2CCNCC2)c1. The summed E-state index contributed by atoms with van der Waals surface area (Å²) < 4.78 is 5.16. The first-order valence-corrected chi connectivity index (χ1v) is 6.16. The number of nitrogens with one attached hydrogen (secondary N) is 1. The number of ketones is 1. The summed E-state index contributed by atoms with van der Waals surface area (Å²) in [6.45, 7) is 1.93. The third kappa shape index (κ3) is 3.30. The van der Waals surface area contributed by atoms with Crippen LogP contribution in [0, 0.1) is 5.92 Å². The molecule has 0 amide bonds. The Labute approximate surface area is 102 Å². The first kappa shape index (κ1) is 12.1. The Hall–Kier alpha value is -1.35. The monoisotopic (exact) mass is 233 g/mol. The van der Waals surface area contributed by atoms with Crippen LogP contribution >= 0.6 is 0 Å². The van der Waals surface area contributed by atoms with Crippen molar-refractivity contribution in [2.24, 2.45) is 5.92 Å². The molecule has 1 N–H and O–H groups in total. The van der Waals surface area contributed by atoms with Gasteiger partial charge in [-0.1, -0.05) is 12.1 Å². The molecule has 0 saturated carbocycles. The van der Waals surface area contributed by atoms with E-state index in [0.717, 1.165) is 37.2 Å². The van der Waals surface area contributed by atoms with Crippen LogP contribution in [0.3, 0.4) is 0 Å². The molecule has 3 heteroatoms. The highest BCUT2D eigenvalue weighted by atomic mass is 16.5. The largest absolute Gasteiger partial charge is 0.497 e. The number of ether oxygens (including phenoxy) is 1. The summed E-state index contributed by atoms with van der Waals surface area (Å²) in [5.41, 5.74) is 1.05. The summed E-state index contributed by atoms with van der Waals surface area (Å²) in [4.78, 5) is 12.1. The van der Waals surface area contributed by atoms with E-state index in [1.807, 2.05) is 24.3 Å². The van der Waals surface area contributed by atoms with Crippen LogP contribution in [-0.4, -0.2) is 26.0 Å². The number of Topliss-reactive ketones (excluding diaryl/α,β-unsaturated/α-hetero) is 1. The molecule has 1 aromatic rings. The lowest BCUT2D eigenvalue weighted by Crippen LogP contribution is -2.32. The molecule has 1 saturated heterocycles. The van der Waals surface area contributed by atoms with Gasteiger partial charge in [0.15, 0.2) is 0 Å². The summed E-state index contributed by atoms with van der Waals surface area (Å²) >= 11 is 0. The van der Waals surface area contributed by atoms with Crippen molar-refractivity contribution < 1.29 is 9.53 Å². The number of benzene rings is 1. The fraction of sp³-hybridized carbons (Fsp3) is 0.500. The normalized spacial score (nSPS) is 16.8. The summed E-state index contributed by atoms with van der Waals surface area (Å²) in [6, 6.07) is 7.77. The average molecular weight is 233 g/mol. The zero-order chi connectivity index (χ0) is 12.1. The van der Waals surface area contributed by atoms with Gasteiger partial charge in [0.1, 0.15) is 11.5 Å². The highest BCUT2D eigenvalue weighted by Gasteiger charge is 2.20. The molecule has 0 unspecified atom stereocenters. The van der Waals surface area contributed by atoms with Crippen molar-refractivity contribution in [3.63, 3.8) is 0 Å². The van der Waals surface area contributed by atoms with Crippen molar-refractivity contribution in [1.82, 2.24) is 5.32 Å². The zero-order valence-electron chi connectivity index (χ0n) is 10.2. The summed E-state index contributed by atoms with van der Waals surface area (Å²) in [6.07, 6.45) is 2.48. The zero-order valence-corrected chi connectivity index (χ0v) is 10.2. The Balaban J connectivity index is 1.96. The highest BCUT2D eigenvalue weighted by Crippen LogP contribution is 2.18. The molecular formula is C14H19NO2. The van der Waals surface area contributed by atoms with Crippen LogP contribution in [0.5, 0.6) is 5.75 Å². The lowest BCUT2D eigenvalue weighted by Gasteiger charge is -2.21. The number of methoxy groups -OCH3 is 1. The molecule has 0 aliphatic carbocycles. The second-order valence-corrected chi connectivity index (χ2v) is 4.52. The molecule has 92 valence electrons. The molecule has 1 aliphatic heterocycles. The molecule has 0 atom stereocenters. The van der Waals surface area contributed by atoms with E-state index in [2.05, 4.69) is 5.32 Å². The highest BCUT2D eigenvalue weighted by molar-refractivity contribution is 5.83. The van der Waals surface area contributed by atoms with E-state index in [4.69, 9.17) is 4.74 Å². The van der Waals surface area contributed by atoms with Gasteiger partial charge >= 0.3 is 0 Å². The van der Waals surface area contributed by atoms with Gasteiger partial charge in [0.05, 0.1) is 7.11 Å². The number of carbonyl (C=O) groups is 1. The predicted octanol–water partition coefficient (Wildman–Crippen LogP) is 1.81. The summed E-state index contributed by atoms with van der Waals surface area (Å²) in [5.74, 6) is 1.42. The predicted molar refractivity (Wildman–Crippen MR) is 67.3 cm³/mol. The van der Waals surface area contributed by atoms with Gasteiger partial charge in [-0.25, -0.2) is 0 Å². The molecule has 1 aromatic carbocycles. The number of hydrogen-bond donors (Lipinski definition) is 1. The standard InChI is InChI=1S/C14H19NO2/c1-17-13-4-2-3-11(9-13)10-14(16)12-5-7-15-8-6-12/h2-4,9,12,15H,5-8,10H2,1H3. The first-order valence-electron chi connectivity index (χ1n) is 6.16. The van der Waals surface area contributed by atoms with Crippen LogP contribution < -0.4 is 10.1 Å². The van der Waals surface area contributed by atoms with Crippen molar-refractivity contribution >= 4 is 5.78 Å². The van der Waals surface area contributed by atoms with Gasteiger partial charge in [-0.3, -0.25) is 4.79 Å². The third-order valence-corrected chi connectivity index (χ3v) is 3.31. The van der Waals surface area contributed by atoms with Gasteiger partial charge in [-0.05, 0) is 43.6 Å². The van der Waals surface area contributed by atoms with E-state index < -0.39 is 0 Å². The van der Waals surface area contributed by atoms with Gasteiger partial charge in [0, 0.05) is 12.3 Å². The van der Waals surface area contributed by atoms with Gasteiger partial charge in [0.25, 0.3) is 0 Å². The lowest BCUT2D eigenvalue weighted by atomic mass is 9.90. The van der Waals surface area contributed by atoms with Crippen molar-refractivity contribution in [3.8, 4) is 5.75 Å². The third-order valence-electron chi connectivity index (χ3n) is 3.31. The van der Waals surface area contributed by atoms with Crippen LogP contribution in [0.1, 0.15) is 18.4 Å². The Bertz CT molecular complexity index is 384. The Morgan fingerprint density at radius 2 is 2.18 bits per heavy atom. The molecule has 0 bridgehead atoms. The van der Waals surface area contributed by atoms with E-state index in [9.17, 15) is 4.79 Å². The van der Waals surface area contributed by atoms with E-state index in [0.29, 0.717) is 12.2 Å². The van der Waals surface area contributed by atoms with E-state index in [1.54, 1.807) is 7.11 Å². The average Bonchev–Trinajstić information content (AvgIpc) is 2.40. The number of rotatable bonds is 4. The Morgan fingerprint density at radius 1 is 1.41 bits per heavy atom. The Morgan fingerprint density at radius 3 is 2.88 bits per heavy atom. The Kier molecular flexibility index (Phi) is 4.15. The van der Waals surface area contributed by atoms with Crippen molar-refractivity contribution in [2.75, 3.05) is 20.2 Å². The fourth-order valence-electron chi connectivity index (χ4n) is 2.27. The van der Waals surface area contributed by atoms with Crippen molar-refractivity contribution in [3.05, 3.63) is 29.8 Å². The van der Waals surface area contributed by atoms with E-state index in [-0.39, 0.29) is 5.92 Å². The van der Waals surface area contributed by atoms with Crippen molar-refractivity contribution in [1.29, 1.82) is 0 Å². The number of piperidine rings is 1. The summed E-state index contributed by atoms with van der Waals surface area (Å²) in [7, 11) is 1.65. The van der Waals surface area contributed by atoms with Crippen molar-refractivity contribution in [2.45, 2.75) is 19.3 Å². The number of hydrogen-bond acceptors (Lipinski definition) is 3. The smallest absolute Gasteiger partial charge is 0.140 e. The second-order valence-electron chi connectivity index (χ2n) is 4.52. The molecule has 0 aromatic heterocycles. The molecule has 2 rings (SSSR count). The maximum absolute atomic E-state index is 12.1. The van der Waals surface area contributed by atoms with Gasteiger partial charge in [-0.2, -0.15) is 0 Å². The van der Waals surface area contributed by atoms with Crippen LogP contribution in [0.2, 0.25) is 0 Å². The van der Waals surface area contributed by atoms with Gasteiger partial charge in [0.2, 0.25) is 0 Å². The maximum atomic E-state index is 12.1. The van der Waals surface area contributed by atoms with Crippen LogP contribution in [-0.2, 0) is 11.2 Å². The minimum atomic E-state index is 0.238. The van der Waals surface area contributed by atoms with Gasteiger partial charge < -0.3 is 10.1 Å². The summed E-state index contributed by atoms with van der Waals surface area (Å²) in [5, 5.41) is 3.28. The molecule has 3 nitrogen and oxygen atoms in total. The van der Waals surface area contributed by atoms with E-state index >= 15 is 0 Å². The second kappa shape index (κ2) is 5.82. The molecule has 0 radical (unpaired) electrons. The minimum Gasteiger partial charge on any atom is -0.497 e. The van der Waals surface area contributed by atoms with Crippen LogP contribution in [0.15, 0.2) is 24.3 Å². The van der Waals surface area contributed by atoms with E-state index in [1.165, 1.54) is 0 Å². The first-order chi connectivity index (χ1) is 8.29. The quantitative estimate of drug-likeness (QED) is 0.862. The number of carbonyl (C=O) groups excluding carboxylic acids is 1. The molecule has 1 aliphatic rings.